The second kappa shape index (κ2) is 8.80. The number of nitrogens with one attached hydrogen (secondary N) is 2. The van der Waals surface area contributed by atoms with Crippen molar-refractivity contribution < 1.29 is 13.9 Å². The number of hydrogen-bond donors (Lipinski definition) is 2. The summed E-state index contributed by atoms with van der Waals surface area (Å²) in [6.07, 6.45) is 0.778. The summed E-state index contributed by atoms with van der Waals surface area (Å²) in [5.41, 5.74) is 2.47. The van der Waals surface area contributed by atoms with E-state index in [0.717, 1.165) is 12.5 Å². The Morgan fingerprint density at radius 1 is 1.40 bits per heavy atom. The molecular weight excluding hydrogens is 366 g/mol. The second-order valence-corrected chi connectivity index (χ2v) is 6.02. The lowest BCUT2D eigenvalue weighted by molar-refractivity contribution is 0.0857. The van der Waals surface area contributed by atoms with Gasteiger partial charge >= 0.3 is 5.91 Å². The number of rotatable bonds is 5. The number of carbonyl (C=O) groups excluding carboxylic acids is 1. The number of thiocarbonyl (C=S) groups is 1. The number of methoxy groups -OCH3 is 1. The van der Waals surface area contributed by atoms with E-state index >= 15 is 0 Å². The van der Waals surface area contributed by atoms with E-state index in [4.69, 9.17) is 33.0 Å². The number of benzene rings is 1. The van der Waals surface area contributed by atoms with Crippen molar-refractivity contribution in [2.24, 2.45) is 0 Å². The monoisotopic (exact) mass is 383 g/mol. The van der Waals surface area contributed by atoms with E-state index in [2.05, 4.69) is 10.7 Å². The highest BCUT2D eigenvalue weighted by atomic mass is 35.5. The highest BCUT2D eigenvalue weighted by Crippen LogP contribution is 2.17. The van der Waals surface area contributed by atoms with Crippen molar-refractivity contribution in [2.75, 3.05) is 27.3 Å². The van der Waals surface area contributed by atoms with E-state index in [1.54, 1.807) is 26.3 Å². The van der Waals surface area contributed by atoms with Crippen molar-refractivity contribution in [1.29, 1.82) is 0 Å². The van der Waals surface area contributed by atoms with Crippen LogP contribution in [0.4, 0.5) is 0 Å². The second-order valence-electron chi connectivity index (χ2n) is 5.19. The molecule has 0 aliphatic rings. The van der Waals surface area contributed by atoms with E-state index in [0.29, 0.717) is 28.7 Å². The number of ether oxygens (including phenoxy) is 1. The van der Waals surface area contributed by atoms with Crippen LogP contribution in [0.3, 0.4) is 0 Å². The van der Waals surface area contributed by atoms with Gasteiger partial charge in [-0.2, -0.15) is 0 Å². The van der Waals surface area contributed by atoms with Gasteiger partial charge in [-0.15, -0.1) is 0 Å². The van der Waals surface area contributed by atoms with Crippen LogP contribution in [0.25, 0.3) is 11.0 Å². The molecule has 0 fully saturated rings. The summed E-state index contributed by atoms with van der Waals surface area (Å²) in [7, 11) is 3.21. The Labute approximate surface area is 154 Å². The third kappa shape index (κ3) is 5.15. The largest absolute Gasteiger partial charge is 0.451 e. The number of carbonyl (C=O) groups is 1. The normalized spacial score (nSPS) is 10.5. The summed E-state index contributed by atoms with van der Waals surface area (Å²) in [5.74, 6) is -0.702. The smallest absolute Gasteiger partial charge is 0.305 e. The number of halogens is 1. The summed E-state index contributed by atoms with van der Waals surface area (Å²) < 4.78 is 10.4. The number of amides is 1. The van der Waals surface area contributed by atoms with Gasteiger partial charge in [0, 0.05) is 38.4 Å². The van der Waals surface area contributed by atoms with Crippen LogP contribution in [-0.2, 0) is 4.74 Å². The molecule has 0 spiro atoms. The van der Waals surface area contributed by atoms with Gasteiger partial charge in [0.1, 0.15) is 5.58 Å². The predicted octanol–water partition coefficient (Wildman–Crippen LogP) is 1.93. The molecule has 0 aliphatic carbocycles. The first kappa shape index (κ1) is 19.2. The Morgan fingerprint density at radius 2 is 2.16 bits per heavy atom. The Bertz CT molecular complexity index is 840. The third-order valence-corrected chi connectivity index (χ3v) is 3.94. The van der Waals surface area contributed by atoms with Crippen LogP contribution in [0.15, 0.2) is 33.5 Å². The van der Waals surface area contributed by atoms with Crippen molar-refractivity contribution in [3.8, 4) is 0 Å². The van der Waals surface area contributed by atoms with E-state index in [9.17, 15) is 9.59 Å². The Kier molecular flexibility index (Phi) is 6.74. The average molecular weight is 384 g/mol. The SMILES string of the molecule is COCCCNC(=S)N(C)NC(=O)c1cc(=O)c2cc(Cl)ccc2o1. The molecule has 134 valence electrons. The Morgan fingerprint density at radius 3 is 2.88 bits per heavy atom. The molecular formula is C16H18ClN3O4S. The lowest BCUT2D eigenvalue weighted by Gasteiger charge is -2.21. The molecule has 2 rings (SSSR count). The van der Waals surface area contributed by atoms with Gasteiger partial charge in [0.15, 0.2) is 16.3 Å². The number of hydrazine groups is 1. The standard InChI is InChI=1S/C16H18ClN3O4S/c1-20(16(25)18-6-3-7-23-2)19-15(22)14-9-12(21)11-8-10(17)4-5-13(11)24-14/h4-5,8-9H,3,6-7H2,1-2H3,(H,18,25)(H,19,22). The van der Waals surface area contributed by atoms with Gasteiger partial charge in [-0.25, -0.2) is 0 Å². The lowest BCUT2D eigenvalue weighted by Crippen LogP contribution is -2.48. The zero-order chi connectivity index (χ0) is 18.4. The van der Waals surface area contributed by atoms with Crippen molar-refractivity contribution >= 4 is 45.8 Å². The highest BCUT2D eigenvalue weighted by Gasteiger charge is 2.15. The fourth-order valence-electron chi connectivity index (χ4n) is 2.03. The van der Waals surface area contributed by atoms with Crippen LogP contribution in [-0.4, -0.2) is 43.3 Å². The minimum Gasteiger partial charge on any atom is -0.451 e. The van der Waals surface area contributed by atoms with Crippen LogP contribution < -0.4 is 16.2 Å². The van der Waals surface area contributed by atoms with Crippen LogP contribution in [0, 0.1) is 0 Å². The molecule has 1 aromatic heterocycles. The zero-order valence-corrected chi connectivity index (χ0v) is 15.4. The molecule has 0 unspecified atom stereocenters. The highest BCUT2D eigenvalue weighted by molar-refractivity contribution is 7.80. The summed E-state index contributed by atoms with van der Waals surface area (Å²) >= 11 is 11.0. The average Bonchev–Trinajstić information content (AvgIpc) is 2.58. The molecule has 0 saturated carbocycles. The molecule has 1 heterocycles. The zero-order valence-electron chi connectivity index (χ0n) is 13.8. The van der Waals surface area contributed by atoms with Crippen molar-refractivity contribution in [3.63, 3.8) is 0 Å². The van der Waals surface area contributed by atoms with Gasteiger partial charge in [-0.05, 0) is 36.8 Å². The molecule has 25 heavy (non-hydrogen) atoms. The van der Waals surface area contributed by atoms with Crippen molar-refractivity contribution in [3.05, 3.63) is 45.3 Å². The van der Waals surface area contributed by atoms with E-state index in [-0.39, 0.29) is 16.8 Å². The fourth-order valence-corrected chi connectivity index (χ4v) is 2.35. The quantitative estimate of drug-likeness (QED) is 0.463. The van der Waals surface area contributed by atoms with Crippen molar-refractivity contribution in [1.82, 2.24) is 15.8 Å². The summed E-state index contributed by atoms with van der Waals surface area (Å²) in [5, 5.41) is 5.38. The summed E-state index contributed by atoms with van der Waals surface area (Å²) in [6.45, 7) is 1.22. The molecule has 0 atom stereocenters. The molecule has 0 aliphatic heterocycles. The summed E-state index contributed by atoms with van der Waals surface area (Å²) in [6, 6.07) is 5.74. The van der Waals surface area contributed by atoms with Gasteiger partial charge in [0.05, 0.1) is 5.39 Å². The molecule has 0 saturated heterocycles. The topological polar surface area (TPSA) is 83.8 Å². The molecule has 9 heteroatoms. The fraction of sp³-hybridized carbons (Fsp3) is 0.312. The van der Waals surface area contributed by atoms with E-state index in [1.807, 2.05) is 0 Å². The maximum atomic E-state index is 12.3. The third-order valence-electron chi connectivity index (χ3n) is 3.29. The molecule has 0 radical (unpaired) electrons. The first-order valence-electron chi connectivity index (χ1n) is 7.47. The van der Waals surface area contributed by atoms with Gasteiger partial charge in [0.2, 0.25) is 0 Å². The molecule has 7 nitrogen and oxygen atoms in total. The number of hydrogen-bond acceptors (Lipinski definition) is 5. The Balaban J connectivity index is 2.05. The predicted molar refractivity (Wildman–Crippen MR) is 99.8 cm³/mol. The minimum absolute atomic E-state index is 0.117. The van der Waals surface area contributed by atoms with Crippen LogP contribution >= 0.6 is 23.8 Å². The first-order chi connectivity index (χ1) is 11.9. The van der Waals surface area contributed by atoms with Gasteiger partial charge in [-0.3, -0.25) is 20.0 Å². The Hall–Kier alpha value is -2.16. The molecule has 1 aromatic carbocycles. The van der Waals surface area contributed by atoms with Gasteiger partial charge < -0.3 is 14.5 Å². The molecule has 1 amide bonds. The number of nitrogens with zero attached hydrogens (tertiary/aromatic N) is 1. The van der Waals surface area contributed by atoms with Crippen LogP contribution in [0.1, 0.15) is 17.0 Å². The van der Waals surface area contributed by atoms with Gasteiger partial charge in [-0.1, -0.05) is 11.6 Å². The van der Waals surface area contributed by atoms with E-state index in [1.165, 1.54) is 11.1 Å². The van der Waals surface area contributed by atoms with Crippen LogP contribution in [0.5, 0.6) is 0 Å². The summed E-state index contributed by atoms with van der Waals surface area (Å²) in [4.78, 5) is 24.4. The lowest BCUT2D eigenvalue weighted by atomic mass is 10.2. The van der Waals surface area contributed by atoms with E-state index < -0.39 is 5.91 Å². The number of fused-ring (bicyclic) bond motifs is 1. The molecule has 2 aromatic rings. The first-order valence-corrected chi connectivity index (χ1v) is 8.26. The van der Waals surface area contributed by atoms with Crippen molar-refractivity contribution in [2.45, 2.75) is 6.42 Å². The maximum absolute atomic E-state index is 12.3. The van der Waals surface area contributed by atoms with Gasteiger partial charge in [0.25, 0.3) is 0 Å². The molecule has 0 bridgehead atoms. The van der Waals surface area contributed by atoms with Crippen LogP contribution in [0.2, 0.25) is 5.02 Å². The maximum Gasteiger partial charge on any atom is 0.305 e. The molecule has 2 N–H and O–H groups in total. The minimum atomic E-state index is -0.586.